The van der Waals surface area contributed by atoms with Crippen LogP contribution in [0.25, 0.3) is 0 Å². The fourth-order valence-corrected chi connectivity index (χ4v) is 4.50. The molecule has 0 aromatic carbocycles. The first-order valence-electron chi connectivity index (χ1n) is 4.94. The number of H-pyrrole nitrogens is 1. The number of halogens is 1. The molecule has 10 heteroatoms. The van der Waals surface area contributed by atoms with Gasteiger partial charge in [0.05, 0.1) is 9.48 Å². The van der Waals surface area contributed by atoms with Crippen molar-refractivity contribution in [1.29, 1.82) is 0 Å². The molecule has 0 aliphatic carbocycles. The Bertz CT molecular complexity index is 734. The van der Waals surface area contributed by atoms with Gasteiger partial charge in [0.1, 0.15) is 9.90 Å². The van der Waals surface area contributed by atoms with E-state index in [1.54, 1.807) is 13.0 Å². The zero-order valence-electron chi connectivity index (χ0n) is 9.60. The Morgan fingerprint density at radius 1 is 1.53 bits per heavy atom. The van der Waals surface area contributed by atoms with Gasteiger partial charge < -0.3 is 5.73 Å². The van der Waals surface area contributed by atoms with Crippen molar-refractivity contribution in [2.24, 2.45) is 5.73 Å². The van der Waals surface area contributed by atoms with Crippen molar-refractivity contribution in [1.82, 2.24) is 10.2 Å². The molecule has 19 heavy (non-hydrogen) atoms. The summed E-state index contributed by atoms with van der Waals surface area (Å²) in [5.41, 5.74) is 5.46. The third-order valence-electron chi connectivity index (χ3n) is 2.23. The van der Waals surface area contributed by atoms with Crippen molar-refractivity contribution in [3.05, 3.63) is 27.3 Å². The summed E-state index contributed by atoms with van der Waals surface area (Å²) in [5.74, 6) is -0.811. The summed E-state index contributed by atoms with van der Waals surface area (Å²) >= 11 is 4.24. The molecule has 4 N–H and O–H groups in total. The second-order valence-corrected chi connectivity index (χ2v) is 7.97. The quantitative estimate of drug-likeness (QED) is 0.760. The summed E-state index contributed by atoms with van der Waals surface area (Å²) in [6, 6.07) is 3.08. The molecule has 1 amide bonds. The third kappa shape index (κ3) is 2.80. The Morgan fingerprint density at radius 3 is 2.74 bits per heavy atom. The van der Waals surface area contributed by atoms with Gasteiger partial charge in [-0.05, 0) is 35.0 Å². The molecule has 2 aromatic heterocycles. The lowest BCUT2D eigenvalue weighted by atomic mass is 10.3. The lowest BCUT2D eigenvalue weighted by Gasteiger charge is -2.06. The van der Waals surface area contributed by atoms with Crippen LogP contribution in [0.2, 0.25) is 0 Å². The van der Waals surface area contributed by atoms with Crippen molar-refractivity contribution in [3.8, 4) is 0 Å². The van der Waals surface area contributed by atoms with Crippen molar-refractivity contribution in [2.75, 3.05) is 4.72 Å². The number of carbonyl (C=O) groups is 1. The van der Waals surface area contributed by atoms with Crippen molar-refractivity contribution < 1.29 is 13.2 Å². The number of nitrogens with two attached hydrogens (primary N) is 1. The average Bonchev–Trinajstić information content (AvgIpc) is 2.87. The van der Waals surface area contributed by atoms with E-state index < -0.39 is 15.9 Å². The van der Waals surface area contributed by atoms with Gasteiger partial charge >= 0.3 is 0 Å². The smallest absolute Gasteiger partial charge is 0.271 e. The van der Waals surface area contributed by atoms with E-state index in [0.29, 0.717) is 9.48 Å². The van der Waals surface area contributed by atoms with Crippen LogP contribution in [0.1, 0.15) is 16.2 Å². The fraction of sp³-hybridized carbons (Fsp3) is 0.111. The highest BCUT2D eigenvalue weighted by atomic mass is 79.9. The van der Waals surface area contributed by atoms with Gasteiger partial charge in [0.15, 0.2) is 5.69 Å². The average molecular weight is 365 g/mol. The molecule has 0 saturated carbocycles. The van der Waals surface area contributed by atoms with E-state index in [0.717, 1.165) is 11.3 Å². The molecule has 0 radical (unpaired) electrons. The maximum absolute atomic E-state index is 12.1. The molecule has 2 rings (SSSR count). The molecule has 0 spiro atoms. The van der Waals surface area contributed by atoms with Gasteiger partial charge in [-0.15, -0.1) is 11.3 Å². The van der Waals surface area contributed by atoms with Crippen LogP contribution >= 0.6 is 27.3 Å². The molecule has 7 nitrogen and oxygen atoms in total. The minimum Gasteiger partial charge on any atom is -0.364 e. The van der Waals surface area contributed by atoms with Crippen LogP contribution in [0.4, 0.5) is 5.69 Å². The molecule has 0 aliphatic heterocycles. The molecule has 0 fully saturated rings. The zero-order chi connectivity index (χ0) is 14.2. The third-order valence-corrected chi connectivity index (χ3v) is 5.70. The highest BCUT2D eigenvalue weighted by Crippen LogP contribution is 2.28. The van der Waals surface area contributed by atoms with Crippen molar-refractivity contribution in [3.63, 3.8) is 0 Å². The molecular weight excluding hydrogens is 356 g/mol. The maximum atomic E-state index is 12.1. The topological polar surface area (TPSA) is 118 Å². The first-order valence-corrected chi connectivity index (χ1v) is 8.03. The fourth-order valence-electron chi connectivity index (χ4n) is 1.36. The highest BCUT2D eigenvalue weighted by Gasteiger charge is 2.23. The van der Waals surface area contributed by atoms with Crippen LogP contribution in [0, 0.1) is 6.92 Å². The number of sulfonamides is 1. The predicted octanol–water partition coefficient (Wildman–Crippen LogP) is 1.44. The predicted molar refractivity (Wildman–Crippen MR) is 74.7 cm³/mol. The number of primary amides is 1. The Morgan fingerprint density at radius 2 is 2.21 bits per heavy atom. The Hall–Kier alpha value is -1.39. The van der Waals surface area contributed by atoms with Gasteiger partial charge in [-0.3, -0.25) is 14.6 Å². The van der Waals surface area contributed by atoms with Crippen molar-refractivity contribution in [2.45, 2.75) is 11.1 Å². The summed E-state index contributed by atoms with van der Waals surface area (Å²) in [7, 11) is -3.77. The van der Waals surface area contributed by atoms with Crippen LogP contribution in [0.5, 0.6) is 0 Å². The highest BCUT2D eigenvalue weighted by molar-refractivity contribution is 9.11. The lowest BCUT2D eigenvalue weighted by molar-refractivity contribution is 0.0996. The first kappa shape index (κ1) is 14.0. The standard InChI is InChI=1S/C9H9BrN4O3S2/c1-4-7(8(9(11)15)13-12-4)14-19(16,17)6-3-2-5(10)18-6/h2-3,14H,1H3,(H2,11,15)(H,12,13). The molecule has 0 aliphatic rings. The van der Waals surface area contributed by atoms with E-state index in [9.17, 15) is 13.2 Å². The largest absolute Gasteiger partial charge is 0.364 e. The number of anilines is 1. The van der Waals surface area contributed by atoms with Crippen molar-refractivity contribution >= 4 is 48.9 Å². The van der Waals surface area contributed by atoms with E-state index in [4.69, 9.17) is 5.73 Å². The summed E-state index contributed by atoms with van der Waals surface area (Å²) in [6.07, 6.45) is 0. The lowest BCUT2D eigenvalue weighted by Crippen LogP contribution is -2.18. The minimum absolute atomic E-state index is 0.0667. The number of hydrogen-bond acceptors (Lipinski definition) is 5. The molecule has 0 saturated heterocycles. The van der Waals surface area contributed by atoms with Crippen LogP contribution in [0.15, 0.2) is 20.1 Å². The van der Waals surface area contributed by atoms with Crippen LogP contribution in [0.3, 0.4) is 0 Å². The van der Waals surface area contributed by atoms with Crippen LogP contribution in [-0.2, 0) is 10.0 Å². The Kier molecular flexibility index (Phi) is 3.65. The van der Waals surface area contributed by atoms with E-state index in [2.05, 4.69) is 30.8 Å². The number of rotatable bonds is 4. The number of hydrogen-bond donors (Lipinski definition) is 3. The SMILES string of the molecule is Cc1[nH]nc(C(N)=O)c1NS(=O)(=O)c1ccc(Br)s1. The summed E-state index contributed by atoms with van der Waals surface area (Å²) in [6.45, 7) is 1.58. The van der Waals surface area contributed by atoms with E-state index in [1.165, 1.54) is 6.07 Å². The van der Waals surface area contributed by atoms with Gasteiger partial charge in [0.25, 0.3) is 15.9 Å². The second-order valence-electron chi connectivity index (χ2n) is 3.60. The van der Waals surface area contributed by atoms with Gasteiger partial charge in [-0.25, -0.2) is 8.42 Å². The van der Waals surface area contributed by atoms with E-state index in [-0.39, 0.29) is 15.6 Å². The van der Waals surface area contributed by atoms with Gasteiger partial charge in [0, 0.05) is 0 Å². The van der Waals surface area contributed by atoms with E-state index >= 15 is 0 Å². The molecule has 2 aromatic rings. The number of amides is 1. The zero-order valence-corrected chi connectivity index (χ0v) is 12.8. The molecule has 0 atom stereocenters. The van der Waals surface area contributed by atoms with Gasteiger partial charge in [-0.1, -0.05) is 0 Å². The molecule has 102 valence electrons. The number of nitrogens with zero attached hydrogens (tertiary/aromatic N) is 1. The number of aromatic nitrogens is 2. The minimum atomic E-state index is -3.77. The summed E-state index contributed by atoms with van der Waals surface area (Å²) in [5, 5.41) is 6.18. The van der Waals surface area contributed by atoms with E-state index in [1.807, 2.05) is 0 Å². The number of carbonyl (C=O) groups excluding carboxylic acids is 1. The number of nitrogens with one attached hydrogen (secondary N) is 2. The second kappa shape index (κ2) is 4.94. The van der Waals surface area contributed by atoms with Gasteiger partial charge in [-0.2, -0.15) is 5.10 Å². The monoisotopic (exact) mass is 364 g/mol. The Labute approximate surface area is 121 Å². The van der Waals surface area contributed by atoms with Crippen LogP contribution < -0.4 is 10.5 Å². The Balaban J connectivity index is 2.41. The van der Waals surface area contributed by atoms with Gasteiger partial charge in [0.2, 0.25) is 0 Å². The number of thiophene rings is 1. The molecular formula is C9H9BrN4O3S2. The number of aryl methyl sites for hydroxylation is 1. The normalized spacial score (nSPS) is 11.5. The maximum Gasteiger partial charge on any atom is 0.271 e. The summed E-state index contributed by atoms with van der Waals surface area (Å²) < 4.78 is 27.4. The summed E-state index contributed by atoms with van der Waals surface area (Å²) in [4.78, 5) is 11.2. The molecule has 0 unspecified atom stereocenters. The number of aromatic amines is 1. The van der Waals surface area contributed by atoms with Crippen LogP contribution in [-0.4, -0.2) is 24.5 Å². The molecule has 2 heterocycles. The first-order chi connectivity index (χ1) is 8.81. The molecule has 0 bridgehead atoms.